The smallest absolute Gasteiger partial charge is 0.273 e. The first-order valence-corrected chi connectivity index (χ1v) is 12.7. The number of benzene rings is 2. The highest BCUT2D eigenvalue weighted by Crippen LogP contribution is 2.43. The third-order valence-corrected chi connectivity index (χ3v) is 9.11. The number of fused-ring (bicyclic) bond motifs is 1. The molecule has 3 amide bonds. The molecular weight excluding hydrogens is 576 g/mol. The van der Waals surface area contributed by atoms with E-state index in [2.05, 4.69) is 31.9 Å². The van der Waals surface area contributed by atoms with Crippen LogP contribution in [0.1, 0.15) is 39.1 Å². The minimum absolute atomic E-state index is 0.0325. The van der Waals surface area contributed by atoms with E-state index in [4.69, 9.17) is 11.6 Å². The van der Waals surface area contributed by atoms with Crippen molar-refractivity contribution in [2.45, 2.75) is 29.4 Å². The summed E-state index contributed by atoms with van der Waals surface area (Å²) in [7, 11) is 0. The zero-order chi connectivity index (χ0) is 23.9. The molecule has 0 bridgehead atoms. The van der Waals surface area contributed by atoms with Gasteiger partial charge in [0.2, 0.25) is 0 Å². The van der Waals surface area contributed by atoms with Crippen LogP contribution in [-0.2, 0) is 9.59 Å². The number of aryl methyl sites for hydroxylation is 1. The Morgan fingerprint density at radius 3 is 1.91 bits per heavy atom. The van der Waals surface area contributed by atoms with Crippen LogP contribution in [0.3, 0.4) is 0 Å². The first-order chi connectivity index (χ1) is 15.7. The van der Waals surface area contributed by atoms with Gasteiger partial charge in [-0.15, -0.1) is 0 Å². The summed E-state index contributed by atoms with van der Waals surface area (Å²) in [5, 5.41) is 2.32. The van der Waals surface area contributed by atoms with E-state index in [-0.39, 0.29) is 21.0 Å². The van der Waals surface area contributed by atoms with Gasteiger partial charge in [-0.05, 0) is 44.0 Å². The topological polar surface area (TPSA) is 74.8 Å². The summed E-state index contributed by atoms with van der Waals surface area (Å²) in [5.74, 6) is -2.96. The molecule has 1 saturated carbocycles. The minimum Gasteiger partial charge on any atom is -0.292 e. The van der Waals surface area contributed by atoms with Crippen LogP contribution in [0.4, 0.5) is 0 Å². The number of hydrogen-bond donors (Lipinski definition) is 0. The maximum absolute atomic E-state index is 13.5. The molecule has 1 heterocycles. The van der Waals surface area contributed by atoms with Crippen LogP contribution in [0.2, 0.25) is 5.02 Å². The Bertz CT molecular complexity index is 1080. The van der Waals surface area contributed by atoms with Gasteiger partial charge in [0.05, 0.1) is 11.8 Å². The molecule has 1 aliphatic carbocycles. The van der Waals surface area contributed by atoms with E-state index in [0.717, 1.165) is 15.6 Å². The largest absolute Gasteiger partial charge is 0.292 e. The molecule has 2 aliphatic rings. The number of hydrazine groups is 1. The third-order valence-electron chi connectivity index (χ3n) is 6.12. The molecule has 1 aliphatic heterocycles. The summed E-state index contributed by atoms with van der Waals surface area (Å²) in [6, 6.07) is 13.0. The molecule has 4 atom stereocenters. The monoisotopic (exact) mass is 594 g/mol. The molecule has 2 aromatic rings. The lowest BCUT2D eigenvalue weighted by Gasteiger charge is -2.30. The van der Waals surface area contributed by atoms with Crippen molar-refractivity contribution < 1.29 is 19.2 Å². The van der Waals surface area contributed by atoms with Crippen molar-refractivity contribution in [2.75, 3.05) is 6.54 Å². The van der Waals surface area contributed by atoms with Crippen molar-refractivity contribution in [1.29, 1.82) is 0 Å². The number of ketones is 1. The highest BCUT2D eigenvalue weighted by molar-refractivity contribution is 9.12. The molecule has 2 fully saturated rings. The summed E-state index contributed by atoms with van der Waals surface area (Å²) in [6.45, 7) is 1.47. The molecule has 0 spiro atoms. The maximum Gasteiger partial charge on any atom is 0.273 e. The van der Waals surface area contributed by atoms with E-state index >= 15 is 0 Å². The zero-order valence-electron chi connectivity index (χ0n) is 17.7. The standard InChI is InChI=1S/C24H21Br2ClN2O4/c1-13-2-4-14(5-3-13)21(30)12-28(22(31)15-6-8-16(27)9-7-15)29-23(32)17-10-19(25)20(26)11-18(17)24(29)33/h2-9,17-20H,10-12H2,1H3/t17-,18+,19-,20-/m0/s1. The van der Waals surface area contributed by atoms with Gasteiger partial charge in [-0.2, -0.15) is 5.01 Å². The Morgan fingerprint density at radius 1 is 0.909 bits per heavy atom. The van der Waals surface area contributed by atoms with Crippen LogP contribution in [0, 0.1) is 18.8 Å². The summed E-state index contributed by atoms with van der Waals surface area (Å²) in [5.41, 5.74) is 1.61. The molecule has 0 N–H and O–H groups in total. The van der Waals surface area contributed by atoms with Crippen LogP contribution in [0.25, 0.3) is 0 Å². The van der Waals surface area contributed by atoms with Crippen molar-refractivity contribution in [3.8, 4) is 0 Å². The van der Waals surface area contributed by atoms with Gasteiger partial charge in [-0.1, -0.05) is 73.3 Å². The van der Waals surface area contributed by atoms with Gasteiger partial charge >= 0.3 is 0 Å². The highest BCUT2D eigenvalue weighted by Gasteiger charge is 2.54. The fourth-order valence-electron chi connectivity index (χ4n) is 4.26. The number of halogens is 3. The van der Waals surface area contributed by atoms with E-state index < -0.39 is 36.1 Å². The van der Waals surface area contributed by atoms with Crippen LogP contribution >= 0.6 is 43.5 Å². The van der Waals surface area contributed by atoms with Crippen molar-refractivity contribution in [2.24, 2.45) is 11.8 Å². The number of carbonyl (C=O) groups is 4. The second-order valence-corrected chi connectivity index (χ2v) is 11.2. The Balaban J connectivity index is 1.69. The van der Waals surface area contributed by atoms with Gasteiger partial charge in [0, 0.05) is 25.8 Å². The van der Waals surface area contributed by atoms with Crippen LogP contribution in [0.5, 0.6) is 0 Å². The summed E-state index contributed by atoms with van der Waals surface area (Å²) in [6.07, 6.45) is 0.938. The van der Waals surface area contributed by atoms with E-state index in [0.29, 0.717) is 23.4 Å². The van der Waals surface area contributed by atoms with Crippen molar-refractivity contribution in [3.05, 3.63) is 70.2 Å². The molecule has 2 aromatic carbocycles. The first kappa shape index (κ1) is 24.1. The number of rotatable bonds is 5. The lowest BCUT2D eigenvalue weighted by Crippen LogP contribution is -2.52. The van der Waals surface area contributed by atoms with E-state index in [9.17, 15) is 19.2 Å². The van der Waals surface area contributed by atoms with Crippen molar-refractivity contribution in [1.82, 2.24) is 10.0 Å². The summed E-state index contributed by atoms with van der Waals surface area (Å²) >= 11 is 13.1. The average Bonchev–Trinajstić information content (AvgIpc) is 3.02. The first-order valence-electron chi connectivity index (χ1n) is 10.5. The molecule has 0 aromatic heterocycles. The van der Waals surface area contributed by atoms with Gasteiger partial charge < -0.3 is 0 Å². The van der Waals surface area contributed by atoms with Gasteiger partial charge in [-0.25, -0.2) is 5.01 Å². The molecule has 0 unspecified atom stereocenters. The summed E-state index contributed by atoms with van der Waals surface area (Å²) < 4.78 is 0. The molecule has 6 nitrogen and oxygen atoms in total. The predicted molar refractivity (Wildman–Crippen MR) is 131 cm³/mol. The van der Waals surface area contributed by atoms with Crippen molar-refractivity contribution >= 4 is 67.0 Å². The lowest BCUT2D eigenvalue weighted by molar-refractivity contribution is -0.154. The molecule has 4 rings (SSSR count). The Kier molecular flexibility index (Phi) is 7.07. The van der Waals surface area contributed by atoms with Gasteiger partial charge in [-0.3, -0.25) is 19.2 Å². The van der Waals surface area contributed by atoms with Gasteiger partial charge in [0.25, 0.3) is 17.7 Å². The maximum atomic E-state index is 13.5. The number of imide groups is 1. The fourth-order valence-corrected chi connectivity index (χ4v) is 5.62. The Labute approximate surface area is 213 Å². The molecule has 172 valence electrons. The van der Waals surface area contributed by atoms with E-state index in [1.807, 2.05) is 6.92 Å². The second kappa shape index (κ2) is 9.68. The van der Waals surface area contributed by atoms with E-state index in [1.165, 1.54) is 12.1 Å². The number of alkyl halides is 2. The summed E-state index contributed by atoms with van der Waals surface area (Å²) in [4.78, 5) is 53.3. The van der Waals surface area contributed by atoms with Crippen LogP contribution in [0.15, 0.2) is 48.5 Å². The number of carbonyl (C=O) groups excluding carboxylic acids is 4. The third kappa shape index (κ3) is 4.79. The molecule has 0 radical (unpaired) electrons. The zero-order valence-corrected chi connectivity index (χ0v) is 21.6. The normalized spacial score (nSPS) is 24.5. The Morgan fingerprint density at radius 2 is 1.39 bits per heavy atom. The molecule has 33 heavy (non-hydrogen) atoms. The average molecular weight is 597 g/mol. The second-order valence-electron chi connectivity index (χ2n) is 8.36. The highest BCUT2D eigenvalue weighted by atomic mass is 79.9. The number of Topliss-reactive ketones (excluding diaryl/α,β-unsaturated/α-hetero) is 1. The quantitative estimate of drug-likeness (QED) is 0.282. The number of nitrogens with zero attached hydrogens (tertiary/aromatic N) is 2. The van der Waals surface area contributed by atoms with Crippen LogP contribution in [-0.4, -0.2) is 49.7 Å². The number of amides is 3. The molecular formula is C24H21Br2ClN2O4. The lowest BCUT2D eigenvalue weighted by atomic mass is 9.81. The van der Waals surface area contributed by atoms with E-state index in [1.54, 1.807) is 36.4 Å². The molecule has 1 saturated heterocycles. The Hall–Kier alpha value is -2.03. The van der Waals surface area contributed by atoms with Gasteiger partial charge in [0.1, 0.15) is 6.54 Å². The number of hydrogen-bond acceptors (Lipinski definition) is 4. The minimum atomic E-state index is -0.613. The van der Waals surface area contributed by atoms with Crippen molar-refractivity contribution in [3.63, 3.8) is 0 Å². The predicted octanol–water partition coefficient (Wildman–Crippen LogP) is 4.81. The SMILES string of the molecule is Cc1ccc(C(=O)CN(C(=O)c2ccc(Cl)cc2)N2C(=O)[C@H]3C[C@H](Br)[C@@H](Br)C[C@H]3C2=O)cc1. The fraction of sp³-hybridized carbons (Fsp3) is 0.333. The molecule has 9 heteroatoms. The van der Waals surface area contributed by atoms with Crippen LogP contribution < -0.4 is 0 Å². The van der Waals surface area contributed by atoms with Gasteiger partial charge in [0.15, 0.2) is 5.78 Å².